The minimum Gasteiger partial charge on any atom is -0.120 e. The van der Waals surface area contributed by atoms with Crippen LogP contribution < -0.4 is 0 Å². The maximum atomic E-state index is 5.52. The van der Waals surface area contributed by atoms with E-state index in [2.05, 4.69) is 135 Å². The van der Waals surface area contributed by atoms with Crippen molar-refractivity contribution >= 4 is 11.1 Å². The van der Waals surface area contributed by atoms with Crippen molar-refractivity contribution in [2.24, 2.45) is 22.7 Å². The molecule has 0 radical (unpaired) electrons. The van der Waals surface area contributed by atoms with Crippen LogP contribution in [-0.4, -0.2) is 0 Å². The van der Waals surface area contributed by atoms with Crippen LogP contribution in [0.25, 0.3) is 11.1 Å². The Kier molecular flexibility index (Phi) is 9.72. The molecule has 0 heteroatoms. The quantitative estimate of drug-likeness (QED) is 0.274. The van der Waals surface area contributed by atoms with E-state index in [0.717, 1.165) is 31.3 Å². The van der Waals surface area contributed by atoms with Gasteiger partial charge in [-0.1, -0.05) is 135 Å². The van der Waals surface area contributed by atoms with Crippen molar-refractivity contribution in [3.63, 3.8) is 0 Å². The Morgan fingerprint density at radius 2 is 1.44 bits per heavy atom. The zero-order valence-electron chi connectivity index (χ0n) is 25.8. The van der Waals surface area contributed by atoms with E-state index in [1.807, 2.05) is 0 Å². The Labute approximate surface area is 240 Å². The smallest absolute Gasteiger partial charge is 0.0237 e. The van der Waals surface area contributed by atoms with Crippen molar-refractivity contribution in [3.05, 3.63) is 107 Å². The molecule has 0 aromatic heterocycles. The second-order valence-electron chi connectivity index (χ2n) is 14.2. The van der Waals surface area contributed by atoms with Crippen molar-refractivity contribution in [2.45, 2.75) is 87.0 Å². The molecule has 2 aromatic rings. The molecule has 2 aromatic carbocycles. The highest BCUT2D eigenvalue weighted by Gasteiger charge is 2.24. The van der Waals surface area contributed by atoms with Gasteiger partial charge in [-0.15, -0.1) is 12.3 Å². The summed E-state index contributed by atoms with van der Waals surface area (Å²) in [4.78, 5) is 0. The van der Waals surface area contributed by atoms with Gasteiger partial charge in [-0.2, -0.15) is 0 Å². The molecular formula is C39H50. The number of allylic oxidation sites excluding steroid dienone is 6. The molecule has 2 unspecified atom stereocenters. The predicted molar refractivity (Wildman–Crippen MR) is 174 cm³/mol. The molecule has 0 N–H and O–H groups in total. The third-order valence-corrected chi connectivity index (χ3v) is 7.66. The lowest BCUT2D eigenvalue weighted by atomic mass is 9.80. The SMILES string of the molecule is C#CCC(C)C(=C)c1ccc(C2C=CC=C2[C@H](C)CC(=C)c2cc(CC(C)(C)C)cc(CC(C)(C)C)c2)cc1. The summed E-state index contributed by atoms with van der Waals surface area (Å²) in [5.41, 5.74) is 11.0. The molecule has 0 aliphatic heterocycles. The highest BCUT2D eigenvalue weighted by Crippen LogP contribution is 2.39. The monoisotopic (exact) mass is 518 g/mol. The molecule has 0 saturated heterocycles. The predicted octanol–water partition coefficient (Wildman–Crippen LogP) is 10.9. The van der Waals surface area contributed by atoms with Gasteiger partial charge in [0.25, 0.3) is 0 Å². The molecular weight excluding hydrogens is 468 g/mol. The van der Waals surface area contributed by atoms with Crippen LogP contribution >= 0.6 is 0 Å². The zero-order valence-corrected chi connectivity index (χ0v) is 25.8. The zero-order chi connectivity index (χ0) is 29.0. The summed E-state index contributed by atoms with van der Waals surface area (Å²) in [6, 6.07) is 16.1. The van der Waals surface area contributed by atoms with E-state index in [9.17, 15) is 0 Å². The van der Waals surface area contributed by atoms with Gasteiger partial charge in [0.2, 0.25) is 0 Å². The summed E-state index contributed by atoms with van der Waals surface area (Å²) in [6.07, 6.45) is 16.2. The van der Waals surface area contributed by atoms with E-state index in [0.29, 0.717) is 17.8 Å². The first-order valence-corrected chi connectivity index (χ1v) is 14.6. The summed E-state index contributed by atoms with van der Waals surface area (Å²) in [5.74, 6) is 3.76. The maximum Gasteiger partial charge on any atom is 0.0237 e. The second-order valence-corrected chi connectivity index (χ2v) is 14.2. The first kappa shape index (κ1) is 30.5. The molecule has 206 valence electrons. The third-order valence-electron chi connectivity index (χ3n) is 7.66. The number of terminal acetylenes is 1. The highest BCUT2D eigenvalue weighted by molar-refractivity contribution is 5.67. The third kappa shape index (κ3) is 8.73. The molecule has 0 bridgehead atoms. The molecule has 0 amide bonds. The minimum atomic E-state index is 0.251. The number of rotatable bonds is 10. The molecule has 0 fully saturated rings. The minimum absolute atomic E-state index is 0.251. The van der Waals surface area contributed by atoms with Crippen molar-refractivity contribution in [3.8, 4) is 12.3 Å². The maximum absolute atomic E-state index is 5.52. The van der Waals surface area contributed by atoms with Gasteiger partial charge in [0.15, 0.2) is 0 Å². The van der Waals surface area contributed by atoms with Crippen LogP contribution in [0.1, 0.15) is 102 Å². The molecule has 0 nitrogen and oxygen atoms in total. The van der Waals surface area contributed by atoms with Crippen LogP contribution in [0.4, 0.5) is 0 Å². The Balaban J connectivity index is 1.77. The van der Waals surface area contributed by atoms with Gasteiger partial charge in [0.1, 0.15) is 0 Å². The van der Waals surface area contributed by atoms with Crippen LogP contribution in [0.3, 0.4) is 0 Å². The number of hydrogen-bond acceptors (Lipinski definition) is 0. The van der Waals surface area contributed by atoms with E-state index < -0.39 is 0 Å². The van der Waals surface area contributed by atoms with Crippen LogP contribution in [0.15, 0.2) is 79.4 Å². The lowest BCUT2D eigenvalue weighted by Crippen LogP contribution is -2.13. The first-order valence-electron chi connectivity index (χ1n) is 14.6. The van der Waals surface area contributed by atoms with Gasteiger partial charge >= 0.3 is 0 Å². The first-order chi connectivity index (χ1) is 18.2. The fourth-order valence-electron chi connectivity index (χ4n) is 5.76. The number of benzene rings is 2. The van der Waals surface area contributed by atoms with Gasteiger partial charge < -0.3 is 0 Å². The van der Waals surface area contributed by atoms with Crippen LogP contribution in [-0.2, 0) is 12.8 Å². The van der Waals surface area contributed by atoms with E-state index in [1.54, 1.807) is 0 Å². The average Bonchev–Trinajstić information content (AvgIpc) is 3.31. The van der Waals surface area contributed by atoms with Gasteiger partial charge in [0.05, 0.1) is 0 Å². The van der Waals surface area contributed by atoms with E-state index in [1.165, 1.54) is 39.0 Å². The van der Waals surface area contributed by atoms with E-state index >= 15 is 0 Å². The molecule has 39 heavy (non-hydrogen) atoms. The standard InChI is InChI=1S/C39H50/c1-12-14-27(2)30(5)33-17-19-34(20-18-33)37-16-13-15-36(37)29(4)21-28(3)35-23-31(25-38(6,7)8)22-32(24-35)26-39(9,10)11/h1,13,15-20,22-24,27,29,37H,3,5,14,21,25-26H2,2,4,6-11H3/t27?,29-,37?/m1/s1. The summed E-state index contributed by atoms with van der Waals surface area (Å²) >= 11 is 0. The fourth-order valence-corrected chi connectivity index (χ4v) is 5.76. The molecule has 3 atom stereocenters. The van der Waals surface area contributed by atoms with Gasteiger partial charge in [0, 0.05) is 12.3 Å². The van der Waals surface area contributed by atoms with Gasteiger partial charge in [-0.05, 0) is 80.9 Å². The van der Waals surface area contributed by atoms with Crippen molar-refractivity contribution in [1.82, 2.24) is 0 Å². The van der Waals surface area contributed by atoms with Crippen LogP contribution in [0.2, 0.25) is 0 Å². The summed E-state index contributed by atoms with van der Waals surface area (Å²) in [5, 5.41) is 0. The summed E-state index contributed by atoms with van der Waals surface area (Å²) in [6.45, 7) is 27.3. The Bertz CT molecular complexity index is 1240. The summed E-state index contributed by atoms with van der Waals surface area (Å²) in [7, 11) is 0. The molecule has 1 aliphatic rings. The Morgan fingerprint density at radius 3 is 1.95 bits per heavy atom. The molecule has 0 saturated carbocycles. The normalized spacial score (nSPS) is 16.9. The molecule has 0 spiro atoms. The van der Waals surface area contributed by atoms with Crippen molar-refractivity contribution in [1.29, 1.82) is 0 Å². The Morgan fingerprint density at radius 1 is 0.872 bits per heavy atom. The lowest BCUT2D eigenvalue weighted by molar-refractivity contribution is 0.405. The molecule has 3 rings (SSSR count). The Hall–Kier alpha value is -3.04. The second kappa shape index (κ2) is 12.4. The van der Waals surface area contributed by atoms with E-state index in [4.69, 9.17) is 6.42 Å². The van der Waals surface area contributed by atoms with E-state index in [-0.39, 0.29) is 10.8 Å². The van der Waals surface area contributed by atoms with Crippen molar-refractivity contribution in [2.75, 3.05) is 0 Å². The molecule has 0 heterocycles. The fraction of sp³-hybridized carbons (Fsp3) is 0.436. The van der Waals surface area contributed by atoms with Crippen molar-refractivity contribution < 1.29 is 0 Å². The number of hydrogen-bond donors (Lipinski definition) is 0. The topological polar surface area (TPSA) is 0 Å². The summed E-state index contributed by atoms with van der Waals surface area (Å²) < 4.78 is 0. The van der Waals surface area contributed by atoms with Gasteiger partial charge in [-0.25, -0.2) is 0 Å². The van der Waals surface area contributed by atoms with Crippen LogP contribution in [0.5, 0.6) is 0 Å². The van der Waals surface area contributed by atoms with Gasteiger partial charge in [-0.3, -0.25) is 0 Å². The molecule has 1 aliphatic carbocycles. The largest absolute Gasteiger partial charge is 0.120 e. The average molecular weight is 519 g/mol. The highest BCUT2D eigenvalue weighted by atomic mass is 14.3. The lowest BCUT2D eigenvalue weighted by Gasteiger charge is -2.24. The van der Waals surface area contributed by atoms with Crippen LogP contribution in [0, 0.1) is 35.0 Å².